The third-order valence-electron chi connectivity index (χ3n) is 3.48. The minimum atomic E-state index is -0.851. The molecule has 0 radical (unpaired) electrons. The number of carboxylic acid groups (broad SMARTS) is 1. The van der Waals surface area contributed by atoms with Crippen LogP contribution in [0.1, 0.15) is 26.2 Å². The summed E-state index contributed by atoms with van der Waals surface area (Å²) in [6.07, 6.45) is 2.24. The lowest BCUT2D eigenvalue weighted by atomic mass is 9.95. The molecule has 5 heteroatoms. The maximum atomic E-state index is 11.1. The highest BCUT2D eigenvalue weighted by Gasteiger charge is 2.29. The lowest BCUT2D eigenvalue weighted by Crippen LogP contribution is -2.47. The lowest BCUT2D eigenvalue weighted by Gasteiger charge is -2.23. The van der Waals surface area contributed by atoms with Crippen LogP contribution in [0.25, 0.3) is 0 Å². The van der Waals surface area contributed by atoms with Gasteiger partial charge in [-0.3, -0.25) is 4.79 Å². The Hall–Kier alpha value is -1.59. The standard InChI is InChI=1S/C16H25NO4/c1-16(17-2,15(18)19)10-6-7-11-20-12-13-21-14-8-4-3-5-9-14/h3-5,8-9,17H,6-7,10-13H2,1-2H3,(H,18,19). The van der Waals surface area contributed by atoms with Gasteiger partial charge in [-0.05, 0) is 45.4 Å². The lowest BCUT2D eigenvalue weighted by molar-refractivity contribution is -0.144. The predicted molar refractivity (Wildman–Crippen MR) is 81.7 cm³/mol. The number of aliphatic carboxylic acids is 1. The largest absolute Gasteiger partial charge is 0.491 e. The zero-order chi connectivity index (χ0) is 15.6. The van der Waals surface area contributed by atoms with Crippen molar-refractivity contribution in [1.82, 2.24) is 5.32 Å². The zero-order valence-corrected chi connectivity index (χ0v) is 12.8. The van der Waals surface area contributed by atoms with E-state index in [0.29, 0.717) is 26.2 Å². The first-order valence-corrected chi connectivity index (χ1v) is 7.26. The quantitative estimate of drug-likeness (QED) is 0.613. The van der Waals surface area contributed by atoms with E-state index in [1.54, 1.807) is 14.0 Å². The molecule has 0 aromatic heterocycles. The smallest absolute Gasteiger partial charge is 0.323 e. The Labute approximate surface area is 126 Å². The van der Waals surface area contributed by atoms with E-state index in [2.05, 4.69) is 5.32 Å². The number of benzene rings is 1. The molecule has 0 saturated carbocycles. The van der Waals surface area contributed by atoms with Crippen LogP contribution in [0.15, 0.2) is 30.3 Å². The van der Waals surface area contributed by atoms with E-state index >= 15 is 0 Å². The van der Waals surface area contributed by atoms with Crippen molar-refractivity contribution in [2.75, 3.05) is 26.9 Å². The molecule has 1 unspecified atom stereocenters. The molecule has 1 rings (SSSR count). The molecule has 0 aliphatic heterocycles. The molecule has 1 aromatic rings. The summed E-state index contributed by atoms with van der Waals surface area (Å²) in [6, 6.07) is 9.61. The van der Waals surface area contributed by atoms with Gasteiger partial charge in [0, 0.05) is 6.61 Å². The number of carbonyl (C=O) groups is 1. The number of unbranched alkanes of at least 4 members (excludes halogenated alkanes) is 1. The summed E-state index contributed by atoms with van der Waals surface area (Å²) in [4.78, 5) is 11.1. The molecule has 118 valence electrons. The van der Waals surface area contributed by atoms with Gasteiger partial charge in [0.15, 0.2) is 0 Å². The second kappa shape index (κ2) is 9.37. The van der Waals surface area contributed by atoms with Crippen LogP contribution in [-0.2, 0) is 9.53 Å². The Balaban J connectivity index is 2.01. The topological polar surface area (TPSA) is 67.8 Å². The molecule has 0 saturated heterocycles. The van der Waals surface area contributed by atoms with Gasteiger partial charge < -0.3 is 19.9 Å². The summed E-state index contributed by atoms with van der Waals surface area (Å²) >= 11 is 0. The number of hydrogen-bond acceptors (Lipinski definition) is 4. The Morgan fingerprint density at radius 2 is 1.90 bits per heavy atom. The van der Waals surface area contributed by atoms with E-state index in [0.717, 1.165) is 18.6 Å². The van der Waals surface area contributed by atoms with E-state index < -0.39 is 11.5 Å². The van der Waals surface area contributed by atoms with E-state index in [-0.39, 0.29) is 0 Å². The predicted octanol–water partition coefficient (Wildman–Crippen LogP) is 2.31. The Bertz CT molecular complexity index is 410. The molecule has 2 N–H and O–H groups in total. The van der Waals surface area contributed by atoms with Gasteiger partial charge in [-0.25, -0.2) is 0 Å². The van der Waals surface area contributed by atoms with Crippen molar-refractivity contribution in [3.63, 3.8) is 0 Å². The Morgan fingerprint density at radius 3 is 2.52 bits per heavy atom. The van der Waals surface area contributed by atoms with Crippen LogP contribution in [0.4, 0.5) is 0 Å². The van der Waals surface area contributed by atoms with Gasteiger partial charge in [-0.1, -0.05) is 18.2 Å². The van der Waals surface area contributed by atoms with E-state index in [1.165, 1.54) is 0 Å². The van der Waals surface area contributed by atoms with Crippen LogP contribution in [0, 0.1) is 0 Å². The van der Waals surface area contributed by atoms with Crippen molar-refractivity contribution >= 4 is 5.97 Å². The summed E-state index contributed by atoms with van der Waals surface area (Å²) in [6.45, 7) is 3.38. The SMILES string of the molecule is CNC(C)(CCCCOCCOc1ccccc1)C(=O)O. The summed E-state index contributed by atoms with van der Waals surface area (Å²) in [5, 5.41) is 12.0. The number of nitrogens with one attached hydrogen (secondary N) is 1. The fraction of sp³-hybridized carbons (Fsp3) is 0.562. The first-order chi connectivity index (χ1) is 10.1. The second-order valence-corrected chi connectivity index (χ2v) is 5.12. The molecule has 0 amide bonds. The van der Waals surface area contributed by atoms with Gasteiger partial charge >= 0.3 is 5.97 Å². The molecular formula is C16H25NO4. The number of carboxylic acids is 1. The third-order valence-corrected chi connectivity index (χ3v) is 3.48. The number of rotatable bonds is 11. The van der Waals surface area contributed by atoms with Crippen molar-refractivity contribution < 1.29 is 19.4 Å². The van der Waals surface area contributed by atoms with E-state index in [4.69, 9.17) is 14.6 Å². The van der Waals surface area contributed by atoms with Gasteiger partial charge in [-0.2, -0.15) is 0 Å². The average molecular weight is 295 g/mol. The van der Waals surface area contributed by atoms with Gasteiger partial charge in [0.1, 0.15) is 17.9 Å². The molecule has 1 atom stereocenters. The number of hydrogen-bond donors (Lipinski definition) is 2. The Morgan fingerprint density at radius 1 is 1.19 bits per heavy atom. The van der Waals surface area contributed by atoms with Crippen LogP contribution >= 0.6 is 0 Å². The molecule has 5 nitrogen and oxygen atoms in total. The van der Waals surface area contributed by atoms with Crippen LogP contribution in [0.3, 0.4) is 0 Å². The van der Waals surface area contributed by atoms with Crippen LogP contribution < -0.4 is 10.1 Å². The van der Waals surface area contributed by atoms with Crippen LogP contribution in [0.5, 0.6) is 5.75 Å². The van der Waals surface area contributed by atoms with Crippen molar-refractivity contribution in [2.45, 2.75) is 31.7 Å². The van der Waals surface area contributed by atoms with E-state index in [9.17, 15) is 4.79 Å². The van der Waals surface area contributed by atoms with Crippen molar-refractivity contribution in [3.05, 3.63) is 30.3 Å². The second-order valence-electron chi connectivity index (χ2n) is 5.12. The molecule has 21 heavy (non-hydrogen) atoms. The first kappa shape index (κ1) is 17.5. The summed E-state index contributed by atoms with van der Waals surface area (Å²) < 4.78 is 11.0. The zero-order valence-electron chi connectivity index (χ0n) is 12.8. The molecule has 0 bridgehead atoms. The number of likely N-dealkylation sites (N-methyl/N-ethyl adjacent to an activating group) is 1. The van der Waals surface area contributed by atoms with Crippen LogP contribution in [0.2, 0.25) is 0 Å². The monoisotopic (exact) mass is 295 g/mol. The molecule has 1 aromatic carbocycles. The maximum Gasteiger partial charge on any atom is 0.323 e. The highest BCUT2D eigenvalue weighted by atomic mass is 16.5. The van der Waals surface area contributed by atoms with Gasteiger partial charge in [0.25, 0.3) is 0 Å². The average Bonchev–Trinajstić information content (AvgIpc) is 2.50. The summed E-state index contributed by atoms with van der Waals surface area (Å²) in [7, 11) is 1.67. The molecule has 0 spiro atoms. The van der Waals surface area contributed by atoms with Gasteiger partial charge in [-0.15, -0.1) is 0 Å². The fourth-order valence-electron chi connectivity index (χ4n) is 1.86. The minimum absolute atomic E-state index is 0.521. The number of ether oxygens (including phenoxy) is 2. The van der Waals surface area contributed by atoms with Gasteiger partial charge in [0.2, 0.25) is 0 Å². The molecule has 0 heterocycles. The summed E-state index contributed by atoms with van der Waals surface area (Å²) in [5.41, 5.74) is -0.851. The normalized spacial score (nSPS) is 13.6. The van der Waals surface area contributed by atoms with Crippen molar-refractivity contribution in [3.8, 4) is 5.75 Å². The highest BCUT2D eigenvalue weighted by molar-refractivity contribution is 5.78. The van der Waals surface area contributed by atoms with E-state index in [1.807, 2.05) is 30.3 Å². The molecule has 0 aliphatic carbocycles. The summed E-state index contributed by atoms with van der Waals surface area (Å²) in [5.74, 6) is 0.0227. The number of para-hydroxylation sites is 1. The highest BCUT2D eigenvalue weighted by Crippen LogP contribution is 2.13. The molecule has 0 fully saturated rings. The fourth-order valence-corrected chi connectivity index (χ4v) is 1.86. The minimum Gasteiger partial charge on any atom is -0.491 e. The third kappa shape index (κ3) is 6.60. The van der Waals surface area contributed by atoms with Crippen LogP contribution in [-0.4, -0.2) is 43.5 Å². The van der Waals surface area contributed by atoms with Gasteiger partial charge in [0.05, 0.1) is 6.61 Å². The van der Waals surface area contributed by atoms with Crippen molar-refractivity contribution in [1.29, 1.82) is 0 Å². The molecule has 0 aliphatic rings. The Kier molecular flexibility index (Phi) is 7.79. The first-order valence-electron chi connectivity index (χ1n) is 7.26. The maximum absolute atomic E-state index is 11.1. The molecular weight excluding hydrogens is 270 g/mol. The van der Waals surface area contributed by atoms with Crippen molar-refractivity contribution in [2.24, 2.45) is 0 Å².